The van der Waals surface area contributed by atoms with Gasteiger partial charge in [-0.2, -0.15) is 0 Å². The number of benzene rings is 3. The summed E-state index contributed by atoms with van der Waals surface area (Å²) in [7, 11) is 0. The number of urea groups is 1. The molecule has 2 N–H and O–H groups in total. The summed E-state index contributed by atoms with van der Waals surface area (Å²) in [6, 6.07) is 20.7. The van der Waals surface area contributed by atoms with Crippen molar-refractivity contribution in [1.29, 1.82) is 0 Å². The summed E-state index contributed by atoms with van der Waals surface area (Å²) in [6.45, 7) is 9.75. The minimum Gasteiger partial charge on any atom is -0.493 e. The van der Waals surface area contributed by atoms with Crippen molar-refractivity contribution in [2.45, 2.75) is 82.8 Å². The number of anilines is 1. The summed E-state index contributed by atoms with van der Waals surface area (Å²) in [4.78, 5) is 71.6. The normalized spacial score (nSPS) is 21.4. The van der Waals surface area contributed by atoms with Crippen molar-refractivity contribution in [3.63, 3.8) is 0 Å². The lowest BCUT2D eigenvalue weighted by Gasteiger charge is -2.48. The Bertz CT molecular complexity index is 2120. The first-order chi connectivity index (χ1) is 29.3. The number of imide groups is 2. The molecule has 4 saturated heterocycles. The summed E-state index contributed by atoms with van der Waals surface area (Å²) in [5, 5.41) is 11.9. The van der Waals surface area contributed by atoms with E-state index in [1.54, 1.807) is 12.1 Å². The van der Waals surface area contributed by atoms with Crippen LogP contribution >= 0.6 is 11.6 Å². The number of aliphatic hydroxyl groups is 1. The smallest absolute Gasteiger partial charge is 0.319 e. The molecule has 4 fully saturated rings. The van der Waals surface area contributed by atoms with Crippen LogP contribution in [0.3, 0.4) is 0 Å². The van der Waals surface area contributed by atoms with Crippen LogP contribution in [0.4, 0.5) is 10.5 Å². The van der Waals surface area contributed by atoms with Crippen LogP contribution in [0.25, 0.3) is 0 Å². The molecule has 6 amide bonds. The van der Waals surface area contributed by atoms with Crippen molar-refractivity contribution >= 4 is 46.9 Å². The van der Waals surface area contributed by atoms with Gasteiger partial charge in [0.05, 0.1) is 23.6 Å². The molecular weight excluding hydrogens is 798 g/mol. The van der Waals surface area contributed by atoms with E-state index in [0.29, 0.717) is 23.8 Å². The Kier molecular flexibility index (Phi) is 12.3. The number of ether oxygens (including phenoxy) is 2. The third-order valence-electron chi connectivity index (χ3n) is 13.9. The van der Waals surface area contributed by atoms with Gasteiger partial charge >= 0.3 is 6.03 Å². The number of amides is 6. The van der Waals surface area contributed by atoms with Gasteiger partial charge in [-0.25, -0.2) is 4.79 Å². The van der Waals surface area contributed by atoms with Gasteiger partial charge in [0.1, 0.15) is 30.3 Å². The fourth-order valence-corrected chi connectivity index (χ4v) is 9.70. The van der Waals surface area contributed by atoms with Crippen LogP contribution in [-0.2, 0) is 15.0 Å². The Morgan fingerprint density at radius 2 is 1.36 bits per heavy atom. The van der Waals surface area contributed by atoms with Crippen molar-refractivity contribution < 1.29 is 38.6 Å². The fourth-order valence-electron chi connectivity index (χ4n) is 9.61. The van der Waals surface area contributed by atoms with E-state index in [4.69, 9.17) is 21.1 Å². The number of hydrogen-bond donors (Lipinski definition) is 2. The molecule has 0 saturated carbocycles. The van der Waals surface area contributed by atoms with E-state index in [-0.39, 0.29) is 47.8 Å². The Hall–Kier alpha value is -5.14. The Morgan fingerprint density at radius 3 is 1.97 bits per heavy atom. The van der Waals surface area contributed by atoms with E-state index in [2.05, 4.69) is 48.3 Å². The number of carbonyl (C=O) groups is 5. The molecule has 0 bridgehead atoms. The highest BCUT2D eigenvalue weighted by molar-refractivity contribution is 6.23. The third-order valence-corrected chi connectivity index (χ3v) is 14.2. The lowest BCUT2D eigenvalue weighted by Crippen LogP contribution is -2.54. The van der Waals surface area contributed by atoms with Crippen molar-refractivity contribution in [2.24, 2.45) is 11.3 Å². The highest BCUT2D eigenvalue weighted by atomic mass is 35.5. The highest BCUT2D eigenvalue weighted by Crippen LogP contribution is 2.43. The number of nitrogens with zero attached hydrogens (tertiary/aromatic N) is 4. The van der Waals surface area contributed by atoms with Crippen molar-refractivity contribution in [2.75, 3.05) is 63.3 Å². The molecule has 61 heavy (non-hydrogen) atoms. The van der Waals surface area contributed by atoms with Crippen molar-refractivity contribution in [3.05, 3.63) is 89.0 Å². The summed E-state index contributed by atoms with van der Waals surface area (Å²) in [5.74, 6) is 0.0575. The van der Waals surface area contributed by atoms with Crippen LogP contribution in [0.15, 0.2) is 66.7 Å². The maximum Gasteiger partial charge on any atom is 0.319 e. The standard InChI is InChI=1S/C47H56ClN5O8/c1-46(2,33-5-10-37(11-6-33)61-30-35(54)28-48)32-3-8-36(9-4-32)60-29-31-15-21-51(22-16-31)45(59)52-25-19-47(20-26-52)17-23-50(24-18-47)34-7-12-38-39(27-34)44(58)53(43(38)57)40-13-14-41(55)49-42(40)56/h3-12,27,31,35,40,54H,13-26,28-30H2,1-2H3,(H,49,55,56)/t35-,40?/m1/s1. The van der Waals surface area contributed by atoms with Gasteiger partial charge in [0.25, 0.3) is 11.8 Å². The second-order valence-corrected chi connectivity index (χ2v) is 18.3. The molecule has 2 atom stereocenters. The largest absolute Gasteiger partial charge is 0.493 e. The molecule has 8 rings (SSSR count). The predicted octanol–water partition coefficient (Wildman–Crippen LogP) is 5.99. The monoisotopic (exact) mass is 853 g/mol. The first-order valence-corrected chi connectivity index (χ1v) is 22.2. The zero-order valence-electron chi connectivity index (χ0n) is 35.1. The lowest BCUT2D eigenvalue weighted by atomic mass is 9.71. The SMILES string of the molecule is CC(C)(c1ccc(OCC2CCN(C(=O)N3CCC4(CC3)CCN(c3ccc5c(c3)C(=O)N(C3CCC(=O)NC3=O)C5=O)CC4)CC2)cc1)c1ccc(OC[C@H](O)CCl)cc1. The maximum absolute atomic E-state index is 13.6. The molecule has 5 aliphatic rings. The number of fused-ring (bicyclic) bond motifs is 1. The van der Waals surface area contributed by atoms with Gasteiger partial charge in [0, 0.05) is 56.8 Å². The van der Waals surface area contributed by atoms with Crippen molar-refractivity contribution in [1.82, 2.24) is 20.0 Å². The van der Waals surface area contributed by atoms with Gasteiger partial charge in [-0.3, -0.25) is 29.4 Å². The minimum absolute atomic E-state index is 0.0872. The molecule has 5 aliphatic heterocycles. The number of carbonyl (C=O) groups excluding carboxylic acids is 5. The van der Waals surface area contributed by atoms with Gasteiger partial charge < -0.3 is 29.3 Å². The van der Waals surface area contributed by atoms with E-state index < -0.39 is 35.8 Å². The number of halogens is 1. The molecule has 13 nitrogen and oxygen atoms in total. The second-order valence-electron chi connectivity index (χ2n) is 18.0. The quantitative estimate of drug-likeness (QED) is 0.176. The van der Waals surface area contributed by atoms with E-state index in [9.17, 15) is 29.1 Å². The predicted molar refractivity (Wildman–Crippen MR) is 230 cm³/mol. The van der Waals surface area contributed by atoms with Crippen LogP contribution in [0.2, 0.25) is 0 Å². The van der Waals surface area contributed by atoms with Crippen LogP contribution in [0.5, 0.6) is 11.5 Å². The number of alkyl halides is 1. The second kappa shape index (κ2) is 17.7. The average molecular weight is 854 g/mol. The molecule has 3 aromatic carbocycles. The van der Waals surface area contributed by atoms with E-state index in [1.165, 1.54) is 5.56 Å². The van der Waals surface area contributed by atoms with E-state index in [0.717, 1.165) is 99.7 Å². The van der Waals surface area contributed by atoms with Gasteiger partial charge in [-0.15, -0.1) is 11.6 Å². The summed E-state index contributed by atoms with van der Waals surface area (Å²) >= 11 is 5.67. The van der Waals surface area contributed by atoms with E-state index >= 15 is 0 Å². The Labute approximate surface area is 362 Å². The number of likely N-dealkylation sites (tertiary alicyclic amines) is 2. The lowest BCUT2D eigenvalue weighted by molar-refractivity contribution is -0.136. The maximum atomic E-state index is 13.6. The Balaban J connectivity index is 0.758. The molecule has 5 heterocycles. The number of rotatable bonds is 11. The molecule has 14 heteroatoms. The highest BCUT2D eigenvalue weighted by Gasteiger charge is 2.45. The van der Waals surface area contributed by atoms with E-state index in [1.807, 2.05) is 40.1 Å². The Morgan fingerprint density at radius 1 is 0.787 bits per heavy atom. The van der Waals surface area contributed by atoms with Crippen LogP contribution in [0.1, 0.15) is 97.1 Å². The topological polar surface area (TPSA) is 149 Å². The van der Waals surface area contributed by atoms with Gasteiger partial charge in [-0.05, 0) is 110 Å². The average Bonchev–Trinajstić information content (AvgIpc) is 3.53. The molecule has 1 unspecified atom stereocenters. The number of aliphatic hydroxyl groups excluding tert-OH is 1. The number of hydrogen-bond acceptors (Lipinski definition) is 9. The number of nitrogens with one attached hydrogen (secondary N) is 1. The zero-order valence-corrected chi connectivity index (χ0v) is 35.8. The van der Waals surface area contributed by atoms with Gasteiger partial charge in [0.15, 0.2) is 0 Å². The molecule has 3 aromatic rings. The summed E-state index contributed by atoms with van der Waals surface area (Å²) in [5.41, 5.74) is 3.73. The molecule has 324 valence electrons. The van der Waals surface area contributed by atoms with Crippen LogP contribution in [-0.4, -0.2) is 120 Å². The first kappa shape index (κ1) is 42.5. The fraction of sp³-hybridized carbons (Fsp3) is 0.511. The van der Waals surface area contributed by atoms with Crippen LogP contribution in [0, 0.1) is 11.3 Å². The first-order valence-electron chi connectivity index (χ1n) is 21.7. The van der Waals surface area contributed by atoms with Gasteiger partial charge in [-0.1, -0.05) is 38.1 Å². The molecule has 1 spiro atoms. The molecular formula is C47H56ClN5O8. The van der Waals surface area contributed by atoms with Gasteiger partial charge in [0.2, 0.25) is 11.8 Å². The summed E-state index contributed by atoms with van der Waals surface area (Å²) in [6.07, 6.45) is 5.24. The minimum atomic E-state index is -0.980. The molecule has 0 aliphatic carbocycles. The number of piperidine rings is 4. The third kappa shape index (κ3) is 8.95. The zero-order chi connectivity index (χ0) is 42.9. The van der Waals surface area contributed by atoms with Crippen molar-refractivity contribution in [3.8, 4) is 11.5 Å². The molecule has 0 aromatic heterocycles. The van der Waals surface area contributed by atoms with Crippen LogP contribution < -0.4 is 19.7 Å². The molecule has 0 radical (unpaired) electrons. The summed E-state index contributed by atoms with van der Waals surface area (Å²) < 4.78 is 11.9.